The second-order valence-electron chi connectivity index (χ2n) is 2.24. The maximum absolute atomic E-state index is 8.87. The van der Waals surface area contributed by atoms with Crippen LogP contribution in [0, 0.1) is 0 Å². The van der Waals surface area contributed by atoms with Crippen molar-refractivity contribution in [3.05, 3.63) is 0 Å². The van der Waals surface area contributed by atoms with E-state index in [-0.39, 0.29) is 25.9 Å². The van der Waals surface area contributed by atoms with Gasteiger partial charge in [-0.05, 0) is 0 Å². The average Bonchev–Trinajstić information content (AvgIpc) is 1.95. The highest BCUT2D eigenvalue weighted by Gasteiger charge is 2.25. The summed E-state index contributed by atoms with van der Waals surface area (Å²) < 4.78 is 4.91. The van der Waals surface area contributed by atoms with Crippen molar-refractivity contribution in [1.82, 2.24) is 5.06 Å². The van der Waals surface area contributed by atoms with Crippen LogP contribution in [0.3, 0.4) is 0 Å². The summed E-state index contributed by atoms with van der Waals surface area (Å²) in [5, 5.41) is 27.0. The molecule has 2 unspecified atom stereocenters. The van der Waals surface area contributed by atoms with Crippen LogP contribution < -0.4 is 0 Å². The molecule has 0 radical (unpaired) electrons. The van der Waals surface area contributed by atoms with E-state index in [4.69, 9.17) is 20.2 Å². The molecule has 0 aromatic carbocycles. The highest BCUT2D eigenvalue weighted by molar-refractivity contribution is 4.66. The Labute approximate surface area is 58.4 Å². The monoisotopic (exact) mass is 149 g/mol. The van der Waals surface area contributed by atoms with E-state index in [0.717, 1.165) is 5.06 Å². The van der Waals surface area contributed by atoms with E-state index in [1.165, 1.54) is 0 Å². The third-order valence-corrected chi connectivity index (χ3v) is 1.42. The molecule has 10 heavy (non-hydrogen) atoms. The van der Waals surface area contributed by atoms with E-state index < -0.39 is 6.23 Å². The van der Waals surface area contributed by atoms with Gasteiger partial charge in [-0.3, -0.25) is 0 Å². The van der Waals surface area contributed by atoms with Crippen molar-refractivity contribution in [2.24, 2.45) is 0 Å². The number of aliphatic hydroxyl groups excluding tert-OH is 2. The first-order chi connectivity index (χ1) is 4.74. The van der Waals surface area contributed by atoms with E-state index in [0.29, 0.717) is 0 Å². The summed E-state index contributed by atoms with van der Waals surface area (Å²) >= 11 is 0. The number of aliphatic hydroxyl groups is 2. The summed E-state index contributed by atoms with van der Waals surface area (Å²) in [7, 11) is 0. The molecule has 1 aliphatic rings. The molecule has 0 amide bonds. The van der Waals surface area contributed by atoms with Gasteiger partial charge in [0, 0.05) is 0 Å². The lowest BCUT2D eigenvalue weighted by atomic mass is 10.3. The molecular weight excluding hydrogens is 138 g/mol. The van der Waals surface area contributed by atoms with Gasteiger partial charge < -0.3 is 20.2 Å². The van der Waals surface area contributed by atoms with Crippen molar-refractivity contribution in [2.45, 2.75) is 12.3 Å². The van der Waals surface area contributed by atoms with Gasteiger partial charge in [-0.25, -0.2) is 0 Å². The average molecular weight is 149 g/mol. The molecular formula is C5H11NO4. The van der Waals surface area contributed by atoms with E-state index >= 15 is 0 Å². The summed E-state index contributed by atoms with van der Waals surface area (Å²) in [6.45, 7) is 0.0587. The first-order valence-electron chi connectivity index (χ1n) is 3.10. The maximum atomic E-state index is 8.87. The zero-order chi connectivity index (χ0) is 7.56. The minimum absolute atomic E-state index is 0.0434. The lowest BCUT2D eigenvalue weighted by Gasteiger charge is -2.31. The number of nitrogens with zero attached hydrogens (tertiary/aromatic N) is 1. The van der Waals surface area contributed by atoms with Crippen molar-refractivity contribution in [2.75, 3.05) is 19.8 Å². The predicted molar refractivity (Wildman–Crippen MR) is 31.3 cm³/mol. The minimum Gasteiger partial charge on any atom is -0.394 e. The Morgan fingerprint density at radius 1 is 1.60 bits per heavy atom. The Morgan fingerprint density at radius 3 is 2.80 bits per heavy atom. The van der Waals surface area contributed by atoms with Gasteiger partial charge in [-0.2, -0.15) is 5.06 Å². The minimum atomic E-state index is -0.956. The maximum Gasteiger partial charge on any atom is 0.152 e. The van der Waals surface area contributed by atoms with Crippen molar-refractivity contribution in [3.63, 3.8) is 0 Å². The molecule has 2 atom stereocenters. The van der Waals surface area contributed by atoms with Gasteiger partial charge in [-0.15, -0.1) is 0 Å². The molecule has 3 N–H and O–H groups in total. The van der Waals surface area contributed by atoms with Gasteiger partial charge in [0.25, 0.3) is 0 Å². The van der Waals surface area contributed by atoms with E-state index in [1.54, 1.807) is 0 Å². The van der Waals surface area contributed by atoms with Crippen LogP contribution in [0.4, 0.5) is 0 Å². The SMILES string of the molecule is OCC1CN(O)C(O)CO1. The Morgan fingerprint density at radius 2 is 2.30 bits per heavy atom. The molecule has 1 rings (SSSR count). The Hall–Kier alpha value is -0.200. The van der Waals surface area contributed by atoms with Crippen LogP contribution in [-0.4, -0.2) is 52.6 Å². The van der Waals surface area contributed by atoms with Gasteiger partial charge >= 0.3 is 0 Å². The third-order valence-electron chi connectivity index (χ3n) is 1.42. The Balaban J connectivity index is 2.33. The molecule has 0 saturated carbocycles. The fourth-order valence-electron chi connectivity index (χ4n) is 0.802. The molecule has 1 heterocycles. The molecule has 5 nitrogen and oxygen atoms in total. The second kappa shape index (κ2) is 3.27. The highest BCUT2D eigenvalue weighted by atomic mass is 16.6. The third kappa shape index (κ3) is 1.65. The molecule has 1 aliphatic heterocycles. The number of hydrogen-bond acceptors (Lipinski definition) is 5. The molecule has 0 aromatic heterocycles. The van der Waals surface area contributed by atoms with E-state index in [2.05, 4.69) is 0 Å². The van der Waals surface area contributed by atoms with Gasteiger partial charge in [0.15, 0.2) is 6.23 Å². The van der Waals surface area contributed by atoms with E-state index in [1.807, 2.05) is 0 Å². The summed E-state index contributed by atoms with van der Waals surface area (Å²) in [5.41, 5.74) is 0. The quantitative estimate of drug-likeness (QED) is 0.418. The van der Waals surface area contributed by atoms with Crippen molar-refractivity contribution in [1.29, 1.82) is 0 Å². The number of hydrogen-bond donors (Lipinski definition) is 3. The van der Waals surface area contributed by atoms with Crippen LogP contribution >= 0.6 is 0 Å². The van der Waals surface area contributed by atoms with Gasteiger partial charge in [0.1, 0.15) is 0 Å². The molecule has 0 bridgehead atoms. The highest BCUT2D eigenvalue weighted by Crippen LogP contribution is 2.05. The zero-order valence-corrected chi connectivity index (χ0v) is 5.47. The molecule has 60 valence electrons. The molecule has 1 fully saturated rings. The first kappa shape index (κ1) is 7.90. The molecule has 0 spiro atoms. The molecule has 0 aliphatic carbocycles. The van der Waals surface area contributed by atoms with Gasteiger partial charge in [-0.1, -0.05) is 0 Å². The van der Waals surface area contributed by atoms with E-state index in [9.17, 15) is 0 Å². The van der Waals surface area contributed by atoms with Crippen LogP contribution in [-0.2, 0) is 4.74 Å². The lowest BCUT2D eigenvalue weighted by Crippen LogP contribution is -2.48. The fraction of sp³-hybridized carbons (Fsp3) is 1.00. The van der Waals surface area contributed by atoms with Crippen LogP contribution in [0.25, 0.3) is 0 Å². The predicted octanol–water partition coefficient (Wildman–Crippen LogP) is -1.61. The van der Waals surface area contributed by atoms with Crippen LogP contribution in [0.1, 0.15) is 0 Å². The van der Waals surface area contributed by atoms with Crippen molar-refractivity contribution < 1.29 is 20.2 Å². The Bertz CT molecular complexity index is 110. The van der Waals surface area contributed by atoms with Crippen molar-refractivity contribution in [3.8, 4) is 0 Å². The van der Waals surface area contributed by atoms with Crippen molar-refractivity contribution >= 4 is 0 Å². The molecule has 0 aromatic rings. The van der Waals surface area contributed by atoms with Crippen LogP contribution in [0.2, 0.25) is 0 Å². The van der Waals surface area contributed by atoms with Crippen LogP contribution in [0.15, 0.2) is 0 Å². The second-order valence-corrected chi connectivity index (χ2v) is 2.24. The number of rotatable bonds is 1. The summed E-state index contributed by atoms with van der Waals surface area (Å²) in [5.74, 6) is 0. The molecule has 1 saturated heterocycles. The summed E-state index contributed by atoms with van der Waals surface area (Å²) in [6, 6.07) is 0. The lowest BCUT2D eigenvalue weighted by molar-refractivity contribution is -0.265. The normalized spacial score (nSPS) is 36.3. The number of morpholine rings is 1. The fourth-order valence-corrected chi connectivity index (χ4v) is 0.802. The molecule has 5 heteroatoms. The largest absolute Gasteiger partial charge is 0.394 e. The standard InChI is InChI=1S/C5H11NO4/c7-2-4-1-6(9)5(8)3-10-4/h4-5,7-9H,1-3H2. The first-order valence-corrected chi connectivity index (χ1v) is 3.10. The van der Waals surface area contributed by atoms with Gasteiger partial charge in [0.05, 0.1) is 25.9 Å². The zero-order valence-electron chi connectivity index (χ0n) is 5.47. The van der Waals surface area contributed by atoms with Gasteiger partial charge in [0.2, 0.25) is 0 Å². The number of ether oxygens (including phenoxy) is 1. The topological polar surface area (TPSA) is 73.2 Å². The summed E-state index contributed by atoms with van der Waals surface area (Å²) in [6.07, 6.45) is -1.34. The number of hydroxylamine groups is 2. The summed E-state index contributed by atoms with van der Waals surface area (Å²) in [4.78, 5) is 0. The van der Waals surface area contributed by atoms with Crippen LogP contribution in [0.5, 0.6) is 0 Å². The Kier molecular flexibility index (Phi) is 2.58. The smallest absolute Gasteiger partial charge is 0.152 e.